The molecule has 94 valence electrons. The fourth-order valence-electron chi connectivity index (χ4n) is 2.11. The number of pyridine rings is 1. The number of nitrogens with zero attached hydrogens (tertiary/aromatic N) is 1. The van der Waals surface area contributed by atoms with Crippen molar-refractivity contribution in [2.75, 3.05) is 7.05 Å². The van der Waals surface area contributed by atoms with Crippen molar-refractivity contribution in [3.05, 3.63) is 63.4 Å². The molecule has 0 aliphatic heterocycles. The molecule has 0 amide bonds. The Balaban J connectivity index is 2.45. The van der Waals surface area contributed by atoms with Crippen LogP contribution in [0.5, 0.6) is 0 Å². The second-order valence-corrected chi connectivity index (χ2v) is 5.33. The molecule has 0 fully saturated rings. The predicted molar refractivity (Wildman–Crippen MR) is 78.8 cm³/mol. The van der Waals surface area contributed by atoms with Crippen molar-refractivity contribution in [2.45, 2.75) is 19.9 Å². The molecule has 0 saturated heterocycles. The van der Waals surface area contributed by atoms with E-state index in [2.05, 4.69) is 58.3 Å². The highest BCUT2D eigenvalue weighted by molar-refractivity contribution is 9.10. The monoisotopic (exact) mass is 304 g/mol. The average molecular weight is 305 g/mol. The zero-order chi connectivity index (χ0) is 13.1. The number of nitrogens with one attached hydrogen (secondary N) is 1. The van der Waals surface area contributed by atoms with Crippen LogP contribution in [-0.4, -0.2) is 12.0 Å². The molecule has 2 nitrogen and oxygen atoms in total. The van der Waals surface area contributed by atoms with E-state index in [1.165, 1.54) is 16.7 Å². The van der Waals surface area contributed by atoms with Crippen molar-refractivity contribution >= 4 is 15.9 Å². The molecule has 1 atom stereocenters. The van der Waals surface area contributed by atoms with Crippen LogP contribution >= 0.6 is 15.9 Å². The molecule has 0 aliphatic carbocycles. The minimum atomic E-state index is 0.137. The zero-order valence-corrected chi connectivity index (χ0v) is 12.5. The minimum Gasteiger partial charge on any atom is -0.308 e. The van der Waals surface area contributed by atoms with E-state index >= 15 is 0 Å². The number of benzene rings is 1. The maximum absolute atomic E-state index is 4.49. The zero-order valence-electron chi connectivity index (χ0n) is 10.9. The largest absolute Gasteiger partial charge is 0.308 e. The molecule has 2 aromatic rings. The first kappa shape index (κ1) is 13.2. The van der Waals surface area contributed by atoms with Gasteiger partial charge in [0.1, 0.15) is 0 Å². The second-order valence-electron chi connectivity index (χ2n) is 4.41. The van der Waals surface area contributed by atoms with Gasteiger partial charge < -0.3 is 5.32 Å². The lowest BCUT2D eigenvalue weighted by atomic mass is 9.95. The molecule has 0 radical (unpaired) electrons. The van der Waals surface area contributed by atoms with Gasteiger partial charge in [0.25, 0.3) is 0 Å². The van der Waals surface area contributed by atoms with Crippen LogP contribution in [0.3, 0.4) is 0 Å². The average Bonchev–Trinajstić information content (AvgIpc) is 2.37. The molecule has 0 bridgehead atoms. The van der Waals surface area contributed by atoms with E-state index in [-0.39, 0.29) is 6.04 Å². The van der Waals surface area contributed by atoms with Crippen molar-refractivity contribution in [2.24, 2.45) is 0 Å². The molecule has 0 saturated carbocycles. The third-order valence-corrected chi connectivity index (χ3v) is 3.76. The van der Waals surface area contributed by atoms with Gasteiger partial charge in [-0.15, -0.1) is 0 Å². The fraction of sp³-hybridized carbons (Fsp3) is 0.267. The minimum absolute atomic E-state index is 0.137. The Morgan fingerprint density at radius 3 is 2.56 bits per heavy atom. The van der Waals surface area contributed by atoms with Crippen LogP contribution in [0, 0.1) is 13.8 Å². The van der Waals surface area contributed by atoms with Crippen molar-refractivity contribution < 1.29 is 0 Å². The van der Waals surface area contributed by atoms with E-state index in [0.717, 1.165) is 10.2 Å². The van der Waals surface area contributed by atoms with Crippen molar-refractivity contribution in [3.8, 4) is 0 Å². The predicted octanol–water partition coefficient (Wildman–Crippen LogP) is 3.77. The van der Waals surface area contributed by atoms with E-state index in [4.69, 9.17) is 0 Å². The van der Waals surface area contributed by atoms with Gasteiger partial charge in [0.05, 0.1) is 11.7 Å². The van der Waals surface area contributed by atoms with E-state index in [0.29, 0.717) is 0 Å². The van der Waals surface area contributed by atoms with Crippen LogP contribution in [0.2, 0.25) is 0 Å². The number of hydrogen-bond donors (Lipinski definition) is 1. The summed E-state index contributed by atoms with van der Waals surface area (Å²) in [7, 11) is 1.97. The van der Waals surface area contributed by atoms with Gasteiger partial charge in [-0.2, -0.15) is 0 Å². The number of aryl methyl sites for hydroxylation is 1. The Morgan fingerprint density at radius 1 is 1.17 bits per heavy atom. The smallest absolute Gasteiger partial charge is 0.0751 e. The van der Waals surface area contributed by atoms with E-state index in [9.17, 15) is 0 Å². The van der Waals surface area contributed by atoms with Gasteiger partial charge in [0, 0.05) is 10.7 Å². The molecular weight excluding hydrogens is 288 g/mol. The molecule has 1 unspecified atom stereocenters. The highest BCUT2D eigenvalue weighted by Gasteiger charge is 2.15. The Bertz CT molecular complexity index is 535. The van der Waals surface area contributed by atoms with Gasteiger partial charge in [-0.3, -0.25) is 4.98 Å². The molecule has 1 aromatic carbocycles. The summed E-state index contributed by atoms with van der Waals surface area (Å²) >= 11 is 3.42. The van der Waals surface area contributed by atoms with Crippen LogP contribution in [-0.2, 0) is 0 Å². The molecule has 1 N–H and O–H groups in total. The number of hydrogen-bond acceptors (Lipinski definition) is 2. The third-order valence-electron chi connectivity index (χ3n) is 3.29. The molecule has 1 heterocycles. The highest BCUT2D eigenvalue weighted by Crippen LogP contribution is 2.25. The second kappa shape index (κ2) is 5.63. The number of halogens is 1. The summed E-state index contributed by atoms with van der Waals surface area (Å²) in [5, 5.41) is 3.34. The van der Waals surface area contributed by atoms with E-state index in [1.807, 2.05) is 25.4 Å². The Labute approximate surface area is 117 Å². The first-order valence-electron chi connectivity index (χ1n) is 5.98. The first-order valence-corrected chi connectivity index (χ1v) is 6.77. The molecule has 0 spiro atoms. The van der Waals surface area contributed by atoms with Crippen molar-refractivity contribution in [3.63, 3.8) is 0 Å². The summed E-state index contributed by atoms with van der Waals surface area (Å²) < 4.78 is 1.00. The summed E-state index contributed by atoms with van der Waals surface area (Å²) in [5.41, 5.74) is 4.95. The van der Waals surface area contributed by atoms with Gasteiger partial charge >= 0.3 is 0 Å². The molecular formula is C15H17BrN2. The topological polar surface area (TPSA) is 24.9 Å². The van der Waals surface area contributed by atoms with Gasteiger partial charge in [-0.05, 0) is 65.6 Å². The lowest BCUT2D eigenvalue weighted by molar-refractivity contribution is 0.666. The maximum Gasteiger partial charge on any atom is 0.0751 e. The normalized spacial score (nSPS) is 12.4. The SMILES string of the molecule is CNC(c1ccc(Br)cn1)c1cccc(C)c1C. The maximum atomic E-state index is 4.49. The van der Waals surface area contributed by atoms with Gasteiger partial charge in [0.2, 0.25) is 0 Å². The van der Waals surface area contributed by atoms with Crippen LogP contribution in [0.25, 0.3) is 0 Å². The summed E-state index contributed by atoms with van der Waals surface area (Å²) in [6, 6.07) is 10.6. The lowest BCUT2D eigenvalue weighted by Gasteiger charge is -2.19. The van der Waals surface area contributed by atoms with E-state index < -0.39 is 0 Å². The highest BCUT2D eigenvalue weighted by atomic mass is 79.9. The van der Waals surface area contributed by atoms with E-state index in [1.54, 1.807) is 0 Å². The Morgan fingerprint density at radius 2 is 1.94 bits per heavy atom. The summed E-state index contributed by atoms with van der Waals surface area (Å²) in [6.45, 7) is 4.30. The van der Waals surface area contributed by atoms with Crippen LogP contribution in [0.4, 0.5) is 0 Å². The molecule has 0 aliphatic rings. The summed E-state index contributed by atoms with van der Waals surface area (Å²) in [6.07, 6.45) is 1.84. The summed E-state index contributed by atoms with van der Waals surface area (Å²) in [5.74, 6) is 0. The lowest BCUT2D eigenvalue weighted by Crippen LogP contribution is -2.20. The molecule has 18 heavy (non-hydrogen) atoms. The quantitative estimate of drug-likeness (QED) is 0.933. The van der Waals surface area contributed by atoms with Crippen LogP contribution in [0.15, 0.2) is 41.0 Å². The van der Waals surface area contributed by atoms with Crippen molar-refractivity contribution in [1.82, 2.24) is 10.3 Å². The van der Waals surface area contributed by atoms with Gasteiger partial charge in [-0.25, -0.2) is 0 Å². The molecule has 2 rings (SSSR count). The van der Waals surface area contributed by atoms with Crippen LogP contribution in [0.1, 0.15) is 28.4 Å². The van der Waals surface area contributed by atoms with Crippen molar-refractivity contribution in [1.29, 1.82) is 0 Å². The third kappa shape index (κ3) is 2.62. The first-order chi connectivity index (χ1) is 8.63. The van der Waals surface area contributed by atoms with Crippen LogP contribution < -0.4 is 5.32 Å². The fourth-order valence-corrected chi connectivity index (χ4v) is 2.34. The van der Waals surface area contributed by atoms with Gasteiger partial charge in [0.15, 0.2) is 0 Å². The standard InChI is InChI=1S/C15H17BrN2/c1-10-5-4-6-13(11(10)2)15(17-3)14-8-7-12(16)9-18-14/h4-9,15,17H,1-3H3. The molecule has 3 heteroatoms. The number of rotatable bonds is 3. The number of aromatic nitrogens is 1. The van der Waals surface area contributed by atoms with Gasteiger partial charge in [-0.1, -0.05) is 18.2 Å². The Kier molecular flexibility index (Phi) is 4.15. The summed E-state index contributed by atoms with van der Waals surface area (Å²) in [4.78, 5) is 4.49. The Hall–Kier alpha value is -1.19. The molecule has 1 aromatic heterocycles.